The van der Waals surface area contributed by atoms with E-state index in [9.17, 15) is 4.79 Å². The third-order valence-corrected chi connectivity index (χ3v) is 5.31. The number of aliphatic imine (C=N–C) groups is 1. The number of hydrogen-bond donors (Lipinski definition) is 3. The van der Waals surface area contributed by atoms with Crippen LogP contribution < -0.4 is 16.0 Å². The molecule has 1 fully saturated rings. The number of amides is 1. The largest absolute Gasteiger partial charge is 0.379 e. The number of carbonyl (C=O) groups is 1. The van der Waals surface area contributed by atoms with Crippen LogP contribution in [0.15, 0.2) is 59.6 Å². The minimum Gasteiger partial charge on any atom is -0.379 e. The zero-order valence-electron chi connectivity index (χ0n) is 18.8. The molecule has 2 aromatic rings. The fourth-order valence-electron chi connectivity index (χ4n) is 3.48. The summed E-state index contributed by atoms with van der Waals surface area (Å²) in [5.74, 6) is 0.766. The van der Waals surface area contributed by atoms with Crippen LogP contribution >= 0.6 is 24.0 Å². The van der Waals surface area contributed by atoms with Gasteiger partial charge in [-0.05, 0) is 30.2 Å². The maximum absolute atomic E-state index is 12.3. The fraction of sp³-hybridized carbons (Fsp3) is 0.417. The van der Waals surface area contributed by atoms with Gasteiger partial charge in [0.05, 0.1) is 19.3 Å². The van der Waals surface area contributed by atoms with Crippen molar-refractivity contribution < 1.29 is 9.53 Å². The topological polar surface area (TPSA) is 78.0 Å². The number of morpholine rings is 1. The van der Waals surface area contributed by atoms with Gasteiger partial charge in [0.1, 0.15) is 0 Å². The van der Waals surface area contributed by atoms with E-state index in [2.05, 4.69) is 44.9 Å². The minimum atomic E-state index is 0. The zero-order valence-corrected chi connectivity index (χ0v) is 21.2. The summed E-state index contributed by atoms with van der Waals surface area (Å²) in [5.41, 5.74) is 3.08. The molecule has 1 unspecified atom stereocenters. The fourth-order valence-corrected chi connectivity index (χ4v) is 3.48. The Morgan fingerprint density at radius 2 is 1.88 bits per heavy atom. The third-order valence-electron chi connectivity index (χ3n) is 5.31. The molecule has 0 bridgehead atoms. The highest BCUT2D eigenvalue weighted by molar-refractivity contribution is 14.0. The Hall–Kier alpha value is -2.17. The SMILES string of the molecule is CN=C(NCc1cccc(NC(=O)CCN2CCOCC2)c1)NC(C)c1ccccc1.I. The molecule has 1 aliphatic heterocycles. The zero-order chi connectivity index (χ0) is 21.9. The van der Waals surface area contributed by atoms with Crippen LogP contribution in [-0.2, 0) is 16.1 Å². The Labute approximate surface area is 208 Å². The van der Waals surface area contributed by atoms with Crippen molar-refractivity contribution in [2.24, 2.45) is 4.99 Å². The molecule has 1 heterocycles. The number of rotatable bonds is 8. The van der Waals surface area contributed by atoms with E-state index in [0.717, 1.165) is 50.1 Å². The first-order valence-corrected chi connectivity index (χ1v) is 10.8. The molecule has 32 heavy (non-hydrogen) atoms. The van der Waals surface area contributed by atoms with Crippen LogP contribution in [0.25, 0.3) is 0 Å². The molecule has 0 aliphatic carbocycles. The van der Waals surface area contributed by atoms with Crippen LogP contribution in [0.3, 0.4) is 0 Å². The average molecular weight is 551 g/mol. The summed E-state index contributed by atoms with van der Waals surface area (Å²) in [4.78, 5) is 18.9. The second-order valence-electron chi connectivity index (χ2n) is 7.66. The van der Waals surface area contributed by atoms with Crippen LogP contribution in [0.4, 0.5) is 5.69 Å². The van der Waals surface area contributed by atoms with E-state index in [1.807, 2.05) is 42.5 Å². The predicted molar refractivity (Wildman–Crippen MR) is 141 cm³/mol. The summed E-state index contributed by atoms with van der Waals surface area (Å²) in [6, 6.07) is 18.3. The molecule has 1 amide bonds. The maximum Gasteiger partial charge on any atom is 0.225 e. The van der Waals surface area contributed by atoms with Gasteiger partial charge in [0.15, 0.2) is 5.96 Å². The van der Waals surface area contributed by atoms with Crippen LogP contribution in [0.2, 0.25) is 0 Å². The molecule has 0 spiro atoms. The molecule has 7 nitrogen and oxygen atoms in total. The smallest absolute Gasteiger partial charge is 0.225 e. The van der Waals surface area contributed by atoms with Gasteiger partial charge >= 0.3 is 0 Å². The lowest BCUT2D eigenvalue weighted by Gasteiger charge is -2.26. The highest BCUT2D eigenvalue weighted by Crippen LogP contribution is 2.13. The first kappa shape index (κ1) is 26.1. The maximum atomic E-state index is 12.3. The van der Waals surface area contributed by atoms with Crippen LogP contribution in [-0.4, -0.2) is 56.7 Å². The number of nitrogens with one attached hydrogen (secondary N) is 3. The summed E-state index contributed by atoms with van der Waals surface area (Å²) >= 11 is 0. The van der Waals surface area contributed by atoms with Crippen molar-refractivity contribution in [1.82, 2.24) is 15.5 Å². The molecule has 8 heteroatoms. The molecule has 0 aromatic heterocycles. The second kappa shape index (κ2) is 14.1. The first-order chi connectivity index (χ1) is 15.1. The molecule has 1 atom stereocenters. The van der Waals surface area contributed by atoms with Crippen molar-refractivity contribution in [2.45, 2.75) is 25.9 Å². The molecular formula is C24H34IN5O2. The molecule has 1 aliphatic rings. The van der Waals surface area contributed by atoms with Crippen molar-refractivity contribution >= 4 is 41.5 Å². The molecule has 174 valence electrons. The van der Waals surface area contributed by atoms with Gasteiger partial charge in [-0.1, -0.05) is 42.5 Å². The van der Waals surface area contributed by atoms with E-state index in [4.69, 9.17) is 4.74 Å². The van der Waals surface area contributed by atoms with Gasteiger partial charge in [0.25, 0.3) is 0 Å². The number of carbonyl (C=O) groups excluding carboxylic acids is 1. The lowest BCUT2D eigenvalue weighted by molar-refractivity contribution is -0.116. The summed E-state index contributed by atoms with van der Waals surface area (Å²) in [6.45, 7) is 6.77. The summed E-state index contributed by atoms with van der Waals surface area (Å²) in [5, 5.41) is 9.75. The minimum absolute atomic E-state index is 0. The summed E-state index contributed by atoms with van der Waals surface area (Å²) in [6.07, 6.45) is 0.483. The van der Waals surface area contributed by atoms with E-state index in [1.54, 1.807) is 7.05 Å². The molecule has 0 radical (unpaired) electrons. The number of ether oxygens (including phenoxy) is 1. The van der Waals surface area contributed by atoms with Crippen LogP contribution in [0, 0.1) is 0 Å². The van der Waals surface area contributed by atoms with Gasteiger partial charge in [0.2, 0.25) is 5.91 Å². The molecule has 1 saturated heterocycles. The molecular weight excluding hydrogens is 517 g/mol. The Morgan fingerprint density at radius 1 is 1.12 bits per heavy atom. The molecule has 0 saturated carbocycles. The predicted octanol–water partition coefficient (Wildman–Crippen LogP) is 3.39. The van der Waals surface area contributed by atoms with E-state index in [0.29, 0.717) is 13.0 Å². The van der Waals surface area contributed by atoms with Gasteiger partial charge in [-0.3, -0.25) is 14.7 Å². The van der Waals surface area contributed by atoms with E-state index < -0.39 is 0 Å². The van der Waals surface area contributed by atoms with Crippen LogP contribution in [0.5, 0.6) is 0 Å². The van der Waals surface area contributed by atoms with Gasteiger partial charge in [-0.2, -0.15) is 0 Å². The monoisotopic (exact) mass is 551 g/mol. The number of guanidine groups is 1. The van der Waals surface area contributed by atoms with Crippen LogP contribution in [0.1, 0.15) is 30.5 Å². The second-order valence-corrected chi connectivity index (χ2v) is 7.66. The van der Waals surface area contributed by atoms with Crippen molar-refractivity contribution in [3.8, 4) is 0 Å². The normalized spacial score (nSPS) is 15.4. The summed E-state index contributed by atoms with van der Waals surface area (Å²) in [7, 11) is 1.76. The van der Waals surface area contributed by atoms with E-state index in [-0.39, 0.29) is 35.9 Å². The third kappa shape index (κ3) is 8.76. The number of anilines is 1. The number of halogens is 1. The average Bonchev–Trinajstić information content (AvgIpc) is 2.82. The number of hydrogen-bond acceptors (Lipinski definition) is 4. The Bertz CT molecular complexity index is 856. The van der Waals surface area contributed by atoms with Crippen molar-refractivity contribution in [2.75, 3.05) is 45.2 Å². The highest BCUT2D eigenvalue weighted by Gasteiger charge is 2.12. The Balaban J connectivity index is 0.00000363. The van der Waals surface area contributed by atoms with E-state index in [1.165, 1.54) is 5.56 Å². The van der Waals surface area contributed by atoms with Gasteiger partial charge < -0.3 is 20.7 Å². The van der Waals surface area contributed by atoms with Crippen molar-refractivity contribution in [3.63, 3.8) is 0 Å². The quantitative estimate of drug-likeness (QED) is 0.267. The lowest BCUT2D eigenvalue weighted by atomic mass is 10.1. The highest BCUT2D eigenvalue weighted by atomic mass is 127. The molecule has 2 aromatic carbocycles. The van der Waals surface area contributed by atoms with E-state index >= 15 is 0 Å². The van der Waals surface area contributed by atoms with Crippen molar-refractivity contribution in [1.29, 1.82) is 0 Å². The van der Waals surface area contributed by atoms with Gasteiger partial charge in [-0.15, -0.1) is 24.0 Å². The van der Waals surface area contributed by atoms with Crippen molar-refractivity contribution in [3.05, 3.63) is 65.7 Å². The molecule has 3 rings (SSSR count). The van der Waals surface area contributed by atoms with Gasteiger partial charge in [-0.25, -0.2) is 0 Å². The summed E-state index contributed by atoms with van der Waals surface area (Å²) < 4.78 is 5.35. The van der Waals surface area contributed by atoms with Gasteiger partial charge in [0, 0.05) is 45.3 Å². The lowest BCUT2D eigenvalue weighted by Crippen LogP contribution is -2.38. The molecule has 3 N–H and O–H groups in total. The Kier molecular flexibility index (Phi) is 11.5. The standard InChI is InChI=1S/C24H33N5O2.HI/c1-19(21-8-4-3-5-9-21)27-24(25-2)26-18-20-7-6-10-22(17-20)28-23(30)11-12-29-13-15-31-16-14-29;/h3-10,17,19H,11-16,18H2,1-2H3,(H,28,30)(H2,25,26,27);1H. The number of nitrogens with zero attached hydrogens (tertiary/aromatic N) is 2. The number of benzene rings is 2. The first-order valence-electron chi connectivity index (χ1n) is 10.8. The Morgan fingerprint density at radius 3 is 2.59 bits per heavy atom.